The molecule has 3 nitrogen and oxygen atoms in total. The molecule has 20 heavy (non-hydrogen) atoms. The lowest BCUT2D eigenvalue weighted by Crippen LogP contribution is -2.37. The zero-order chi connectivity index (χ0) is 14.8. The summed E-state index contributed by atoms with van der Waals surface area (Å²) in [4.78, 5) is 4.19. The molecule has 1 heterocycles. The Morgan fingerprint density at radius 3 is 2.75 bits per heavy atom. The van der Waals surface area contributed by atoms with Crippen molar-refractivity contribution in [2.45, 2.75) is 32.7 Å². The van der Waals surface area contributed by atoms with Gasteiger partial charge in [-0.3, -0.25) is 0 Å². The molecule has 0 amide bonds. The Morgan fingerprint density at radius 2 is 2.10 bits per heavy atom. The molecule has 0 unspecified atom stereocenters. The van der Waals surface area contributed by atoms with E-state index >= 15 is 0 Å². The van der Waals surface area contributed by atoms with Crippen molar-refractivity contribution in [3.63, 3.8) is 0 Å². The van der Waals surface area contributed by atoms with Crippen LogP contribution in [0.25, 0.3) is 11.3 Å². The number of rotatable bonds is 4. The van der Waals surface area contributed by atoms with Gasteiger partial charge in [0.1, 0.15) is 5.82 Å². The van der Waals surface area contributed by atoms with Crippen molar-refractivity contribution in [2.24, 2.45) is 0 Å². The summed E-state index contributed by atoms with van der Waals surface area (Å²) >= 11 is 3.23. The van der Waals surface area contributed by atoms with Crippen LogP contribution in [-0.2, 0) is 6.42 Å². The lowest BCUT2D eigenvalue weighted by molar-refractivity contribution is 0.411. The Bertz CT molecular complexity index is 590. The average molecular weight is 341 g/mol. The zero-order valence-electron chi connectivity index (χ0n) is 11.8. The fourth-order valence-corrected chi connectivity index (χ4v) is 2.12. The van der Waals surface area contributed by atoms with Crippen molar-refractivity contribution in [1.82, 2.24) is 10.3 Å². The van der Waals surface area contributed by atoms with Gasteiger partial charge < -0.3 is 9.73 Å². The molecule has 0 aliphatic carbocycles. The van der Waals surface area contributed by atoms with Gasteiger partial charge in [-0.15, -0.1) is 0 Å². The van der Waals surface area contributed by atoms with Crippen molar-refractivity contribution in [3.05, 3.63) is 40.6 Å². The first kappa shape index (κ1) is 15.2. The summed E-state index contributed by atoms with van der Waals surface area (Å²) < 4.78 is 20.1. The second-order valence-electron chi connectivity index (χ2n) is 5.67. The quantitative estimate of drug-likeness (QED) is 0.907. The lowest BCUT2D eigenvalue weighted by Gasteiger charge is -2.19. The maximum Gasteiger partial charge on any atom is 0.196 e. The topological polar surface area (TPSA) is 38.1 Å². The van der Waals surface area contributed by atoms with Crippen LogP contribution in [0.5, 0.6) is 0 Å². The molecule has 5 heteroatoms. The van der Waals surface area contributed by atoms with Gasteiger partial charge >= 0.3 is 0 Å². The second-order valence-corrected chi connectivity index (χ2v) is 6.58. The molecule has 1 aromatic heterocycles. The number of nitrogens with one attached hydrogen (secondary N) is 1. The fraction of sp³-hybridized carbons (Fsp3) is 0.400. The normalized spacial score (nSPS) is 11.8. The molecule has 1 aromatic carbocycles. The van der Waals surface area contributed by atoms with Gasteiger partial charge in [0.05, 0.1) is 11.8 Å². The van der Waals surface area contributed by atoms with Crippen LogP contribution in [0.1, 0.15) is 26.7 Å². The molecular weight excluding hydrogens is 323 g/mol. The number of hydrogen-bond donors (Lipinski definition) is 1. The molecule has 0 spiro atoms. The molecule has 0 aliphatic rings. The molecule has 0 saturated carbocycles. The lowest BCUT2D eigenvalue weighted by atomic mass is 10.1. The first-order valence-electron chi connectivity index (χ1n) is 6.50. The Hall–Kier alpha value is -1.20. The van der Waals surface area contributed by atoms with E-state index in [0.717, 1.165) is 6.54 Å². The van der Waals surface area contributed by atoms with Gasteiger partial charge in [0, 0.05) is 23.0 Å². The van der Waals surface area contributed by atoms with E-state index in [1.807, 2.05) is 0 Å². The molecule has 2 aromatic rings. The van der Waals surface area contributed by atoms with Crippen LogP contribution in [0.15, 0.2) is 33.3 Å². The van der Waals surface area contributed by atoms with Gasteiger partial charge in [-0.1, -0.05) is 15.9 Å². The minimum atomic E-state index is -0.324. The second kappa shape index (κ2) is 6.06. The Balaban J connectivity index is 2.05. The number of benzene rings is 1. The number of halogens is 2. The van der Waals surface area contributed by atoms with Gasteiger partial charge in [-0.2, -0.15) is 0 Å². The van der Waals surface area contributed by atoms with Crippen LogP contribution >= 0.6 is 15.9 Å². The van der Waals surface area contributed by atoms with Crippen LogP contribution in [0, 0.1) is 5.82 Å². The third kappa shape index (κ3) is 4.15. The van der Waals surface area contributed by atoms with E-state index in [-0.39, 0.29) is 11.4 Å². The number of hydrogen-bond acceptors (Lipinski definition) is 3. The van der Waals surface area contributed by atoms with Crippen molar-refractivity contribution in [1.29, 1.82) is 0 Å². The standard InChI is InChI=1S/C15H18BrFN2O/c1-15(2,3)19-7-6-14-18-9-13(20-14)11-5-4-10(16)8-12(11)17/h4-5,8-9,19H,6-7H2,1-3H3. The minimum Gasteiger partial charge on any atom is -0.441 e. The van der Waals surface area contributed by atoms with Crippen LogP contribution in [0.2, 0.25) is 0 Å². The molecule has 0 aliphatic heterocycles. The monoisotopic (exact) mass is 340 g/mol. The van der Waals surface area contributed by atoms with E-state index in [1.54, 1.807) is 18.3 Å². The minimum absolute atomic E-state index is 0.0627. The summed E-state index contributed by atoms with van der Waals surface area (Å²) in [7, 11) is 0. The first-order valence-corrected chi connectivity index (χ1v) is 7.29. The summed E-state index contributed by atoms with van der Waals surface area (Å²) in [6, 6.07) is 4.87. The number of aromatic nitrogens is 1. The smallest absolute Gasteiger partial charge is 0.196 e. The highest BCUT2D eigenvalue weighted by Gasteiger charge is 2.12. The van der Waals surface area contributed by atoms with Crippen LogP contribution < -0.4 is 5.32 Å². The maximum atomic E-state index is 13.8. The van der Waals surface area contributed by atoms with Gasteiger partial charge in [-0.25, -0.2) is 9.37 Å². The third-order valence-corrected chi connectivity index (χ3v) is 3.24. The summed E-state index contributed by atoms with van der Waals surface area (Å²) in [5, 5.41) is 3.36. The summed E-state index contributed by atoms with van der Waals surface area (Å²) in [5.41, 5.74) is 0.489. The maximum absolute atomic E-state index is 13.8. The summed E-state index contributed by atoms with van der Waals surface area (Å²) in [6.07, 6.45) is 2.24. The van der Waals surface area contributed by atoms with E-state index in [2.05, 4.69) is 47.0 Å². The largest absolute Gasteiger partial charge is 0.441 e. The predicted molar refractivity (Wildman–Crippen MR) is 81.1 cm³/mol. The molecule has 2 rings (SSSR count). The number of oxazole rings is 1. The molecule has 0 bridgehead atoms. The zero-order valence-corrected chi connectivity index (χ0v) is 13.4. The Morgan fingerprint density at radius 1 is 1.35 bits per heavy atom. The van der Waals surface area contributed by atoms with Crippen molar-refractivity contribution in [3.8, 4) is 11.3 Å². The molecule has 0 saturated heterocycles. The average Bonchev–Trinajstić information content (AvgIpc) is 2.75. The van der Waals surface area contributed by atoms with Crippen molar-refractivity contribution >= 4 is 15.9 Å². The summed E-state index contributed by atoms with van der Waals surface area (Å²) in [5.74, 6) is 0.745. The van der Waals surface area contributed by atoms with E-state index in [1.165, 1.54) is 6.07 Å². The van der Waals surface area contributed by atoms with Crippen molar-refractivity contribution in [2.75, 3.05) is 6.54 Å². The molecular formula is C15H18BrFN2O. The molecule has 1 N–H and O–H groups in total. The number of nitrogens with zero attached hydrogens (tertiary/aromatic N) is 1. The summed E-state index contributed by atoms with van der Waals surface area (Å²) in [6.45, 7) is 7.08. The van der Waals surface area contributed by atoms with E-state index in [9.17, 15) is 4.39 Å². The van der Waals surface area contributed by atoms with Crippen LogP contribution in [0.4, 0.5) is 4.39 Å². The van der Waals surface area contributed by atoms with Gasteiger partial charge in [0.15, 0.2) is 11.7 Å². The highest BCUT2D eigenvalue weighted by atomic mass is 79.9. The van der Waals surface area contributed by atoms with Gasteiger partial charge in [0.2, 0.25) is 0 Å². The third-order valence-electron chi connectivity index (χ3n) is 2.74. The van der Waals surface area contributed by atoms with Crippen LogP contribution in [-0.4, -0.2) is 17.1 Å². The highest BCUT2D eigenvalue weighted by Crippen LogP contribution is 2.26. The van der Waals surface area contributed by atoms with Crippen molar-refractivity contribution < 1.29 is 8.81 Å². The molecule has 0 atom stereocenters. The van der Waals surface area contributed by atoms with Crippen LogP contribution in [0.3, 0.4) is 0 Å². The Labute approximate surface area is 126 Å². The van der Waals surface area contributed by atoms with E-state index in [0.29, 0.717) is 28.1 Å². The Kier molecular flexibility index (Phi) is 4.60. The van der Waals surface area contributed by atoms with E-state index < -0.39 is 0 Å². The molecule has 108 valence electrons. The predicted octanol–water partition coefficient (Wildman–Crippen LogP) is 4.17. The highest BCUT2D eigenvalue weighted by molar-refractivity contribution is 9.10. The SMILES string of the molecule is CC(C)(C)NCCc1ncc(-c2ccc(Br)cc2F)o1. The van der Waals surface area contributed by atoms with E-state index in [4.69, 9.17) is 4.42 Å². The fourth-order valence-electron chi connectivity index (χ4n) is 1.78. The van der Waals surface area contributed by atoms with Gasteiger partial charge in [-0.05, 0) is 39.0 Å². The molecule has 0 fully saturated rings. The van der Waals surface area contributed by atoms with Gasteiger partial charge in [0.25, 0.3) is 0 Å². The molecule has 0 radical (unpaired) electrons. The first-order chi connectivity index (χ1) is 9.35.